The van der Waals surface area contributed by atoms with Crippen molar-refractivity contribution in [1.82, 2.24) is 14.7 Å². The van der Waals surface area contributed by atoms with E-state index in [1.165, 1.54) is 15.1 Å². The molecular formula is C23H21ClN4O2S. The summed E-state index contributed by atoms with van der Waals surface area (Å²) < 4.78 is 1.31. The van der Waals surface area contributed by atoms with Crippen molar-refractivity contribution in [3.05, 3.63) is 81.7 Å². The molecule has 6 nitrogen and oxygen atoms in total. The van der Waals surface area contributed by atoms with E-state index in [1.54, 1.807) is 18.0 Å². The molecule has 2 aliphatic heterocycles. The topological polar surface area (TPSA) is 58.4 Å². The molecule has 5 rings (SSSR count). The summed E-state index contributed by atoms with van der Waals surface area (Å²) in [6.45, 7) is 2.44. The summed E-state index contributed by atoms with van der Waals surface area (Å²) in [4.78, 5) is 31.0. The van der Waals surface area contributed by atoms with E-state index in [4.69, 9.17) is 11.6 Å². The van der Waals surface area contributed by atoms with Gasteiger partial charge in [0, 0.05) is 31.1 Å². The number of fused-ring (bicyclic) bond motifs is 1. The maximum absolute atomic E-state index is 13.0. The van der Waals surface area contributed by atoms with Crippen molar-refractivity contribution in [3.63, 3.8) is 0 Å². The first-order valence-electron chi connectivity index (χ1n) is 10.2. The third-order valence-electron chi connectivity index (χ3n) is 5.76. The van der Waals surface area contributed by atoms with Crippen LogP contribution in [0, 0.1) is 0 Å². The van der Waals surface area contributed by atoms with Crippen molar-refractivity contribution < 1.29 is 4.79 Å². The molecule has 0 unspecified atom stereocenters. The molecule has 8 heteroatoms. The quantitative estimate of drug-likeness (QED) is 0.610. The zero-order chi connectivity index (χ0) is 21.4. The summed E-state index contributed by atoms with van der Waals surface area (Å²) in [7, 11) is 0. The second kappa shape index (κ2) is 8.40. The van der Waals surface area contributed by atoms with Crippen LogP contribution in [-0.4, -0.2) is 52.0 Å². The van der Waals surface area contributed by atoms with E-state index in [2.05, 4.69) is 17.2 Å². The lowest BCUT2D eigenvalue weighted by molar-refractivity contribution is -0.130. The van der Waals surface area contributed by atoms with E-state index >= 15 is 0 Å². The monoisotopic (exact) mass is 452 g/mol. The molecule has 0 radical (unpaired) electrons. The van der Waals surface area contributed by atoms with Gasteiger partial charge in [-0.3, -0.25) is 9.59 Å². The molecule has 0 bridgehead atoms. The van der Waals surface area contributed by atoms with Crippen LogP contribution in [0.25, 0.3) is 5.69 Å². The summed E-state index contributed by atoms with van der Waals surface area (Å²) in [5, 5.41) is 4.42. The van der Waals surface area contributed by atoms with E-state index < -0.39 is 0 Å². The van der Waals surface area contributed by atoms with Gasteiger partial charge in [-0.25, -0.2) is 0 Å². The van der Waals surface area contributed by atoms with Gasteiger partial charge in [-0.15, -0.1) is 11.8 Å². The van der Waals surface area contributed by atoms with Crippen LogP contribution in [-0.2, 0) is 11.2 Å². The van der Waals surface area contributed by atoms with Gasteiger partial charge in [0.15, 0.2) is 0 Å². The van der Waals surface area contributed by atoms with Crippen LogP contribution < -0.4 is 10.5 Å². The Labute approximate surface area is 189 Å². The first kappa shape index (κ1) is 20.2. The molecule has 2 aliphatic rings. The highest BCUT2D eigenvalue weighted by molar-refractivity contribution is 8.01. The molecule has 1 aromatic heterocycles. The third kappa shape index (κ3) is 3.83. The number of carbonyl (C=O) groups is 1. The average Bonchev–Trinajstić information content (AvgIpc) is 3.25. The Morgan fingerprint density at radius 2 is 1.71 bits per heavy atom. The summed E-state index contributed by atoms with van der Waals surface area (Å²) in [5.74, 6) is 0.185. The predicted molar refractivity (Wildman–Crippen MR) is 123 cm³/mol. The summed E-state index contributed by atoms with van der Waals surface area (Å²) in [5.41, 5.74) is 2.20. The minimum atomic E-state index is -0.344. The number of amides is 1. The van der Waals surface area contributed by atoms with Gasteiger partial charge in [0.1, 0.15) is 5.02 Å². The Morgan fingerprint density at radius 3 is 2.45 bits per heavy atom. The van der Waals surface area contributed by atoms with Gasteiger partial charge >= 0.3 is 0 Å². The molecule has 1 atom stereocenters. The molecule has 0 aliphatic carbocycles. The van der Waals surface area contributed by atoms with Crippen LogP contribution in [0.1, 0.15) is 5.56 Å². The maximum atomic E-state index is 13.0. The minimum absolute atomic E-state index is 0.0518. The number of thioether (sulfide) groups is 1. The first-order chi connectivity index (χ1) is 15.1. The Morgan fingerprint density at radius 1 is 1.00 bits per heavy atom. The fourth-order valence-corrected chi connectivity index (χ4v) is 5.62. The molecule has 2 aromatic carbocycles. The Hall–Kier alpha value is -2.77. The van der Waals surface area contributed by atoms with Crippen molar-refractivity contribution in [2.75, 3.05) is 31.1 Å². The number of benzene rings is 2. The predicted octanol–water partition coefficient (Wildman–Crippen LogP) is 3.25. The third-order valence-corrected chi connectivity index (χ3v) is 7.42. The average molecular weight is 453 g/mol. The number of anilines is 1. The molecule has 31 heavy (non-hydrogen) atoms. The molecule has 0 saturated carbocycles. The lowest BCUT2D eigenvalue weighted by atomic mass is 10.1. The normalized spacial score (nSPS) is 18.2. The number of nitrogens with zero attached hydrogens (tertiary/aromatic N) is 4. The highest BCUT2D eigenvalue weighted by atomic mass is 35.5. The number of hydrogen-bond donors (Lipinski definition) is 0. The van der Waals surface area contributed by atoms with Crippen molar-refractivity contribution in [3.8, 4) is 5.69 Å². The van der Waals surface area contributed by atoms with Gasteiger partial charge < -0.3 is 9.80 Å². The Balaban J connectivity index is 1.26. The SMILES string of the molecule is O=C([C@H]1Cc2ccccc2S1)N1CCN(c2cnn(-c3ccccc3)c(=O)c2Cl)CC1. The van der Waals surface area contributed by atoms with Crippen LogP contribution in [0.2, 0.25) is 5.02 Å². The highest BCUT2D eigenvalue weighted by Crippen LogP contribution is 2.37. The van der Waals surface area contributed by atoms with Crippen LogP contribution in [0.5, 0.6) is 0 Å². The van der Waals surface area contributed by atoms with E-state index in [0.29, 0.717) is 37.6 Å². The van der Waals surface area contributed by atoms with Gasteiger partial charge in [-0.1, -0.05) is 48.0 Å². The fraction of sp³-hybridized carbons (Fsp3) is 0.261. The van der Waals surface area contributed by atoms with Crippen LogP contribution in [0.15, 0.2) is 70.5 Å². The Kier molecular flexibility index (Phi) is 5.46. The lowest BCUT2D eigenvalue weighted by Gasteiger charge is -2.37. The molecular weight excluding hydrogens is 432 g/mol. The van der Waals surface area contributed by atoms with Gasteiger partial charge in [0.25, 0.3) is 5.56 Å². The fourth-order valence-electron chi connectivity index (χ4n) is 4.09. The molecule has 3 heterocycles. The van der Waals surface area contributed by atoms with E-state index in [1.807, 2.05) is 52.3 Å². The van der Waals surface area contributed by atoms with E-state index in [0.717, 1.165) is 6.42 Å². The number of hydrogen-bond acceptors (Lipinski definition) is 5. The summed E-state index contributed by atoms with van der Waals surface area (Å²) >= 11 is 8.10. The number of halogens is 1. The first-order valence-corrected chi connectivity index (χ1v) is 11.5. The molecule has 0 spiro atoms. The smallest absolute Gasteiger partial charge is 0.292 e. The van der Waals surface area contributed by atoms with Crippen molar-refractivity contribution in [2.24, 2.45) is 0 Å². The molecule has 3 aromatic rings. The Bertz CT molecular complexity index is 1150. The van der Waals surface area contributed by atoms with E-state index in [9.17, 15) is 9.59 Å². The number of para-hydroxylation sites is 1. The van der Waals surface area contributed by atoms with Crippen LogP contribution >= 0.6 is 23.4 Å². The van der Waals surface area contributed by atoms with Gasteiger partial charge in [-0.2, -0.15) is 9.78 Å². The highest BCUT2D eigenvalue weighted by Gasteiger charge is 2.33. The zero-order valence-electron chi connectivity index (χ0n) is 16.8. The van der Waals surface area contributed by atoms with Gasteiger partial charge in [0.2, 0.25) is 5.91 Å². The number of piperazine rings is 1. The van der Waals surface area contributed by atoms with Crippen LogP contribution in [0.3, 0.4) is 0 Å². The van der Waals surface area contributed by atoms with Gasteiger partial charge in [0.05, 0.1) is 22.8 Å². The molecule has 158 valence electrons. The number of rotatable bonds is 3. The molecule has 1 fully saturated rings. The van der Waals surface area contributed by atoms with Crippen molar-refractivity contribution >= 4 is 35.0 Å². The van der Waals surface area contributed by atoms with Crippen LogP contribution in [0.4, 0.5) is 5.69 Å². The van der Waals surface area contributed by atoms with E-state index in [-0.39, 0.29) is 21.7 Å². The molecule has 0 N–H and O–H groups in total. The number of aromatic nitrogens is 2. The second-order valence-electron chi connectivity index (χ2n) is 7.63. The number of carbonyl (C=O) groups excluding carboxylic acids is 1. The standard InChI is InChI=1S/C23H21ClN4O2S/c24-21-18(15-25-28(23(21)30)17-7-2-1-3-8-17)26-10-12-27(13-11-26)22(29)20-14-16-6-4-5-9-19(16)31-20/h1-9,15,20H,10-14H2/t20-/m1/s1. The minimum Gasteiger partial charge on any atom is -0.365 e. The largest absolute Gasteiger partial charge is 0.365 e. The molecule has 1 saturated heterocycles. The summed E-state index contributed by atoms with van der Waals surface area (Å²) in [6.07, 6.45) is 2.42. The zero-order valence-corrected chi connectivity index (χ0v) is 18.4. The van der Waals surface area contributed by atoms with Crippen molar-refractivity contribution in [1.29, 1.82) is 0 Å². The maximum Gasteiger partial charge on any atom is 0.292 e. The second-order valence-corrected chi connectivity index (χ2v) is 9.25. The molecule has 1 amide bonds. The lowest BCUT2D eigenvalue weighted by Crippen LogP contribution is -2.51. The summed E-state index contributed by atoms with van der Waals surface area (Å²) in [6, 6.07) is 17.4. The van der Waals surface area contributed by atoms with Crippen molar-refractivity contribution in [2.45, 2.75) is 16.6 Å². The van der Waals surface area contributed by atoms with Gasteiger partial charge in [-0.05, 0) is 30.2 Å².